The number of alkyl halides is 2. The second kappa shape index (κ2) is 4.20. The third-order valence-electron chi connectivity index (χ3n) is 2.01. The molecule has 1 aromatic rings. The van der Waals surface area contributed by atoms with Gasteiger partial charge >= 0.3 is 5.97 Å². The van der Waals surface area contributed by atoms with Gasteiger partial charge in [-0.25, -0.2) is 8.78 Å². The van der Waals surface area contributed by atoms with Crippen molar-refractivity contribution in [2.45, 2.75) is 19.8 Å². The van der Waals surface area contributed by atoms with Crippen LogP contribution in [0, 0.1) is 6.92 Å². The SMILES string of the molecule is Cc1ncc(N)c(CC(=O)O)c1C(F)F. The Kier molecular flexibility index (Phi) is 3.18. The lowest BCUT2D eigenvalue weighted by molar-refractivity contribution is -0.136. The van der Waals surface area contributed by atoms with Crippen molar-refractivity contribution >= 4 is 11.7 Å². The number of hydrogen-bond acceptors (Lipinski definition) is 3. The molecule has 6 heteroatoms. The number of anilines is 1. The highest BCUT2D eigenvalue weighted by molar-refractivity contribution is 5.73. The molecule has 15 heavy (non-hydrogen) atoms. The number of aryl methyl sites for hydroxylation is 1. The molecule has 82 valence electrons. The van der Waals surface area contributed by atoms with Crippen LogP contribution in [0.5, 0.6) is 0 Å². The summed E-state index contributed by atoms with van der Waals surface area (Å²) in [5, 5.41) is 8.57. The van der Waals surface area contributed by atoms with Gasteiger partial charge in [0.1, 0.15) is 0 Å². The quantitative estimate of drug-likeness (QED) is 0.803. The molecule has 0 aliphatic carbocycles. The summed E-state index contributed by atoms with van der Waals surface area (Å²) >= 11 is 0. The first-order valence-electron chi connectivity index (χ1n) is 4.17. The molecule has 1 heterocycles. The smallest absolute Gasteiger partial charge is 0.307 e. The predicted octanol–water partition coefficient (Wildman–Crippen LogP) is 1.54. The molecule has 0 aliphatic heterocycles. The fourth-order valence-electron chi connectivity index (χ4n) is 1.33. The maximum absolute atomic E-state index is 12.6. The van der Waals surface area contributed by atoms with Gasteiger partial charge in [-0.3, -0.25) is 9.78 Å². The van der Waals surface area contributed by atoms with Gasteiger partial charge in [0, 0.05) is 11.3 Å². The Morgan fingerprint density at radius 1 is 1.67 bits per heavy atom. The van der Waals surface area contributed by atoms with Gasteiger partial charge in [-0.15, -0.1) is 0 Å². The van der Waals surface area contributed by atoms with Gasteiger partial charge in [0.15, 0.2) is 0 Å². The van der Waals surface area contributed by atoms with Crippen molar-refractivity contribution in [3.8, 4) is 0 Å². The summed E-state index contributed by atoms with van der Waals surface area (Å²) in [6, 6.07) is 0. The van der Waals surface area contributed by atoms with Gasteiger partial charge in [0.2, 0.25) is 0 Å². The number of aliphatic carboxylic acids is 1. The Morgan fingerprint density at radius 2 is 2.27 bits per heavy atom. The Hall–Kier alpha value is -1.72. The van der Waals surface area contributed by atoms with Crippen molar-refractivity contribution in [3.05, 3.63) is 23.0 Å². The molecule has 0 unspecified atom stereocenters. The minimum atomic E-state index is -2.77. The van der Waals surface area contributed by atoms with Crippen molar-refractivity contribution in [3.63, 3.8) is 0 Å². The number of pyridine rings is 1. The largest absolute Gasteiger partial charge is 0.481 e. The minimum absolute atomic E-state index is 0.0155. The molecule has 1 aromatic heterocycles. The van der Waals surface area contributed by atoms with E-state index in [2.05, 4.69) is 4.98 Å². The Bertz CT molecular complexity index is 394. The Balaban J connectivity index is 3.31. The summed E-state index contributed by atoms with van der Waals surface area (Å²) in [6.45, 7) is 1.40. The van der Waals surface area contributed by atoms with Crippen molar-refractivity contribution in [1.82, 2.24) is 4.98 Å². The maximum atomic E-state index is 12.6. The molecule has 0 aliphatic rings. The fraction of sp³-hybridized carbons (Fsp3) is 0.333. The molecule has 0 saturated carbocycles. The lowest BCUT2D eigenvalue weighted by Gasteiger charge is -2.11. The number of nitrogens with zero attached hydrogens (tertiary/aromatic N) is 1. The number of aromatic nitrogens is 1. The van der Waals surface area contributed by atoms with Crippen molar-refractivity contribution < 1.29 is 18.7 Å². The zero-order valence-corrected chi connectivity index (χ0v) is 8.00. The van der Waals surface area contributed by atoms with E-state index < -0.39 is 18.8 Å². The molecule has 1 rings (SSSR count). The van der Waals surface area contributed by atoms with Crippen molar-refractivity contribution in [2.24, 2.45) is 0 Å². The monoisotopic (exact) mass is 216 g/mol. The number of hydrogen-bond donors (Lipinski definition) is 2. The summed E-state index contributed by atoms with van der Waals surface area (Å²) in [5.41, 5.74) is 5.08. The first-order valence-corrected chi connectivity index (χ1v) is 4.17. The number of nitrogens with two attached hydrogens (primary N) is 1. The van der Waals surface area contributed by atoms with Gasteiger partial charge in [0.05, 0.1) is 18.3 Å². The highest BCUT2D eigenvalue weighted by atomic mass is 19.3. The molecule has 3 N–H and O–H groups in total. The van der Waals surface area contributed by atoms with E-state index >= 15 is 0 Å². The Labute approximate surface area is 84.7 Å². The third kappa shape index (κ3) is 2.39. The lowest BCUT2D eigenvalue weighted by atomic mass is 10.0. The summed E-state index contributed by atoms with van der Waals surface area (Å²) < 4.78 is 25.3. The number of carboxylic acids is 1. The molecular weight excluding hydrogens is 206 g/mol. The molecule has 0 radical (unpaired) electrons. The first-order chi connectivity index (χ1) is 6.93. The molecule has 0 aromatic carbocycles. The van der Waals surface area contributed by atoms with E-state index in [1.165, 1.54) is 13.1 Å². The van der Waals surface area contributed by atoms with Crippen LogP contribution in [0.1, 0.15) is 23.2 Å². The van der Waals surface area contributed by atoms with Gasteiger partial charge in [-0.1, -0.05) is 0 Å². The highest BCUT2D eigenvalue weighted by Crippen LogP contribution is 2.29. The molecule has 0 saturated heterocycles. The van der Waals surface area contributed by atoms with Crippen LogP contribution in [0.2, 0.25) is 0 Å². The van der Waals surface area contributed by atoms with Crippen LogP contribution in [-0.2, 0) is 11.2 Å². The van der Waals surface area contributed by atoms with E-state index in [9.17, 15) is 13.6 Å². The molecule has 0 bridgehead atoms. The zero-order chi connectivity index (χ0) is 11.6. The van der Waals surface area contributed by atoms with Crippen LogP contribution in [0.4, 0.5) is 14.5 Å². The summed E-state index contributed by atoms with van der Waals surface area (Å²) in [7, 11) is 0. The van der Waals surface area contributed by atoms with E-state index in [1.54, 1.807) is 0 Å². The predicted molar refractivity (Wildman–Crippen MR) is 49.7 cm³/mol. The van der Waals surface area contributed by atoms with E-state index in [0.29, 0.717) is 0 Å². The van der Waals surface area contributed by atoms with Gasteiger partial charge < -0.3 is 10.8 Å². The number of carboxylic acid groups (broad SMARTS) is 1. The molecule has 0 atom stereocenters. The average Bonchev–Trinajstić information content (AvgIpc) is 2.10. The van der Waals surface area contributed by atoms with Crippen LogP contribution in [0.25, 0.3) is 0 Å². The van der Waals surface area contributed by atoms with Crippen molar-refractivity contribution in [2.75, 3.05) is 5.73 Å². The summed E-state index contributed by atoms with van der Waals surface area (Å²) in [4.78, 5) is 14.2. The van der Waals surface area contributed by atoms with Gasteiger partial charge in [0.25, 0.3) is 6.43 Å². The van der Waals surface area contributed by atoms with E-state index in [4.69, 9.17) is 10.8 Å². The number of nitrogen functional groups attached to an aromatic ring is 1. The lowest BCUT2D eigenvalue weighted by Crippen LogP contribution is -2.10. The fourth-order valence-corrected chi connectivity index (χ4v) is 1.33. The first kappa shape index (κ1) is 11.4. The number of rotatable bonds is 3. The molecule has 0 amide bonds. The second-order valence-electron chi connectivity index (χ2n) is 3.06. The molecule has 4 nitrogen and oxygen atoms in total. The molecular formula is C9H10F2N2O2. The highest BCUT2D eigenvalue weighted by Gasteiger charge is 2.20. The number of halogens is 2. The van der Waals surface area contributed by atoms with Crippen molar-refractivity contribution in [1.29, 1.82) is 0 Å². The number of carbonyl (C=O) groups is 1. The van der Waals surface area contributed by atoms with E-state index in [1.807, 2.05) is 0 Å². The van der Waals surface area contributed by atoms with Crippen LogP contribution < -0.4 is 5.73 Å². The standard InChI is InChI=1S/C9H10F2N2O2/c1-4-8(9(10)11)5(2-7(14)15)6(12)3-13-4/h3,9H,2,12H2,1H3,(H,14,15). The molecule has 0 fully saturated rings. The normalized spacial score (nSPS) is 10.7. The van der Waals surface area contributed by atoms with Crippen LogP contribution >= 0.6 is 0 Å². The molecule has 0 spiro atoms. The minimum Gasteiger partial charge on any atom is -0.481 e. The van der Waals surface area contributed by atoms with Gasteiger partial charge in [-0.2, -0.15) is 0 Å². The second-order valence-corrected chi connectivity index (χ2v) is 3.06. The summed E-state index contributed by atoms with van der Waals surface area (Å²) in [5.74, 6) is -1.20. The van der Waals surface area contributed by atoms with E-state index in [0.717, 1.165) is 0 Å². The summed E-state index contributed by atoms with van der Waals surface area (Å²) in [6.07, 6.45) is -2.09. The van der Waals surface area contributed by atoms with Gasteiger partial charge in [-0.05, 0) is 12.5 Å². The van der Waals surface area contributed by atoms with Crippen LogP contribution in [0.3, 0.4) is 0 Å². The Morgan fingerprint density at radius 3 is 2.73 bits per heavy atom. The van der Waals surface area contributed by atoms with Crippen LogP contribution in [-0.4, -0.2) is 16.1 Å². The van der Waals surface area contributed by atoms with Crippen LogP contribution in [0.15, 0.2) is 6.20 Å². The topological polar surface area (TPSA) is 76.2 Å². The third-order valence-corrected chi connectivity index (χ3v) is 2.01. The average molecular weight is 216 g/mol. The van der Waals surface area contributed by atoms with E-state index in [-0.39, 0.29) is 22.5 Å². The maximum Gasteiger partial charge on any atom is 0.307 e. The zero-order valence-electron chi connectivity index (χ0n) is 8.00.